The van der Waals surface area contributed by atoms with Crippen molar-refractivity contribution in [2.75, 3.05) is 17.2 Å². The zero-order valence-electron chi connectivity index (χ0n) is 15.6. The van der Waals surface area contributed by atoms with E-state index in [1.54, 1.807) is 42.5 Å². The molecule has 2 aromatic carbocycles. The minimum absolute atomic E-state index is 0.0176. The maximum Gasteiger partial charge on any atom is 0.275 e. The molecule has 0 saturated carbocycles. The predicted octanol–water partition coefficient (Wildman–Crippen LogP) is 4.07. The summed E-state index contributed by atoms with van der Waals surface area (Å²) >= 11 is 0. The molecule has 0 bridgehead atoms. The monoisotopic (exact) mass is 376 g/mol. The smallest absolute Gasteiger partial charge is 0.275 e. The zero-order valence-corrected chi connectivity index (χ0v) is 15.6. The molecular formula is C21H20N4O3. The fourth-order valence-corrected chi connectivity index (χ4v) is 2.47. The van der Waals surface area contributed by atoms with Crippen molar-refractivity contribution in [2.24, 2.45) is 0 Å². The minimum Gasteiger partial charge on any atom is -0.494 e. The first kappa shape index (κ1) is 19.0. The van der Waals surface area contributed by atoms with Gasteiger partial charge < -0.3 is 15.4 Å². The number of aromatic nitrogens is 2. The van der Waals surface area contributed by atoms with E-state index in [0.29, 0.717) is 29.4 Å². The summed E-state index contributed by atoms with van der Waals surface area (Å²) < 4.78 is 5.37. The molecule has 1 amide bonds. The van der Waals surface area contributed by atoms with E-state index in [1.807, 2.05) is 13.0 Å². The molecule has 1 heterocycles. The van der Waals surface area contributed by atoms with Crippen LogP contribution in [0, 0.1) is 0 Å². The van der Waals surface area contributed by atoms with E-state index in [2.05, 4.69) is 20.6 Å². The van der Waals surface area contributed by atoms with Crippen molar-refractivity contribution in [1.29, 1.82) is 0 Å². The molecule has 28 heavy (non-hydrogen) atoms. The number of hydrogen-bond donors (Lipinski definition) is 2. The Morgan fingerprint density at radius 3 is 2.43 bits per heavy atom. The number of rotatable bonds is 7. The van der Waals surface area contributed by atoms with Gasteiger partial charge in [-0.2, -0.15) is 0 Å². The van der Waals surface area contributed by atoms with E-state index < -0.39 is 0 Å². The summed E-state index contributed by atoms with van der Waals surface area (Å²) in [5, 5.41) is 5.82. The van der Waals surface area contributed by atoms with Crippen LogP contribution in [0.15, 0.2) is 60.9 Å². The Morgan fingerprint density at radius 1 is 1.00 bits per heavy atom. The van der Waals surface area contributed by atoms with Crippen LogP contribution in [0.2, 0.25) is 0 Å². The van der Waals surface area contributed by atoms with Gasteiger partial charge in [-0.15, -0.1) is 0 Å². The molecule has 3 aromatic rings. The van der Waals surface area contributed by atoms with Gasteiger partial charge in [-0.1, -0.05) is 12.1 Å². The van der Waals surface area contributed by atoms with Gasteiger partial charge in [-0.25, -0.2) is 9.97 Å². The van der Waals surface area contributed by atoms with Crippen LogP contribution in [-0.4, -0.2) is 28.3 Å². The molecule has 0 unspecified atom stereocenters. The van der Waals surface area contributed by atoms with E-state index in [-0.39, 0.29) is 17.4 Å². The van der Waals surface area contributed by atoms with Gasteiger partial charge >= 0.3 is 0 Å². The molecule has 0 fully saturated rings. The van der Waals surface area contributed by atoms with E-state index in [0.717, 1.165) is 5.75 Å². The highest BCUT2D eigenvalue weighted by atomic mass is 16.5. The highest BCUT2D eigenvalue weighted by Crippen LogP contribution is 2.18. The van der Waals surface area contributed by atoms with Crippen molar-refractivity contribution >= 4 is 28.9 Å². The molecule has 0 aliphatic rings. The second-order valence-corrected chi connectivity index (χ2v) is 5.96. The van der Waals surface area contributed by atoms with Crippen LogP contribution in [-0.2, 0) is 0 Å². The zero-order chi connectivity index (χ0) is 19.9. The molecule has 7 nitrogen and oxygen atoms in total. The van der Waals surface area contributed by atoms with Crippen molar-refractivity contribution in [1.82, 2.24) is 9.97 Å². The van der Waals surface area contributed by atoms with Gasteiger partial charge in [-0.3, -0.25) is 9.59 Å². The number of nitrogens with zero attached hydrogens (tertiary/aromatic N) is 2. The number of nitrogens with one attached hydrogen (secondary N) is 2. The Hall–Kier alpha value is -3.74. The van der Waals surface area contributed by atoms with Crippen LogP contribution in [0.25, 0.3) is 0 Å². The Morgan fingerprint density at radius 2 is 1.79 bits per heavy atom. The second-order valence-electron chi connectivity index (χ2n) is 5.96. The molecule has 0 radical (unpaired) electrons. The van der Waals surface area contributed by atoms with Gasteiger partial charge in [0, 0.05) is 16.9 Å². The summed E-state index contributed by atoms with van der Waals surface area (Å²) in [4.78, 5) is 32.1. The maximum absolute atomic E-state index is 12.3. The van der Waals surface area contributed by atoms with Gasteiger partial charge in [0.25, 0.3) is 5.91 Å². The molecule has 2 N–H and O–H groups in total. The lowest BCUT2D eigenvalue weighted by Crippen LogP contribution is -2.14. The molecule has 7 heteroatoms. The number of hydrogen-bond acceptors (Lipinski definition) is 6. The molecule has 0 atom stereocenters. The molecule has 1 aromatic heterocycles. The largest absolute Gasteiger partial charge is 0.494 e. The molecule has 0 aliphatic carbocycles. The predicted molar refractivity (Wildman–Crippen MR) is 107 cm³/mol. The Kier molecular flexibility index (Phi) is 5.96. The quantitative estimate of drug-likeness (QED) is 0.604. The summed E-state index contributed by atoms with van der Waals surface area (Å²) in [6.45, 7) is 4.00. The van der Waals surface area contributed by atoms with Crippen molar-refractivity contribution in [3.63, 3.8) is 0 Å². The lowest BCUT2D eigenvalue weighted by atomic mass is 10.1. The van der Waals surface area contributed by atoms with Crippen molar-refractivity contribution < 1.29 is 14.3 Å². The summed E-state index contributed by atoms with van der Waals surface area (Å²) in [5.41, 5.74) is 2.15. The third-order valence-corrected chi connectivity index (χ3v) is 3.85. The van der Waals surface area contributed by atoms with Crippen LogP contribution in [0.3, 0.4) is 0 Å². The third kappa shape index (κ3) is 4.91. The summed E-state index contributed by atoms with van der Waals surface area (Å²) in [6, 6.07) is 14.2. The van der Waals surface area contributed by atoms with Crippen LogP contribution in [0.1, 0.15) is 34.7 Å². The first-order valence-electron chi connectivity index (χ1n) is 8.79. The van der Waals surface area contributed by atoms with E-state index in [4.69, 9.17) is 4.74 Å². The summed E-state index contributed by atoms with van der Waals surface area (Å²) in [6.07, 6.45) is 2.86. The van der Waals surface area contributed by atoms with Crippen molar-refractivity contribution in [3.05, 3.63) is 72.2 Å². The number of benzene rings is 2. The Labute approximate surface area is 162 Å². The highest BCUT2D eigenvalue weighted by Gasteiger charge is 2.09. The molecule has 0 saturated heterocycles. The number of carbonyl (C=O) groups excluding carboxylic acids is 2. The van der Waals surface area contributed by atoms with Crippen LogP contribution >= 0.6 is 0 Å². The van der Waals surface area contributed by atoms with E-state index >= 15 is 0 Å². The fraction of sp³-hybridized carbons (Fsp3) is 0.143. The molecular weight excluding hydrogens is 356 g/mol. The normalized spacial score (nSPS) is 10.2. The maximum atomic E-state index is 12.3. The number of Topliss-reactive ketones (excluding diaryl/α,β-unsaturated/α-hetero) is 1. The van der Waals surface area contributed by atoms with Crippen molar-refractivity contribution in [2.45, 2.75) is 13.8 Å². The number of ether oxygens (including phenoxy) is 1. The topological polar surface area (TPSA) is 93.2 Å². The highest BCUT2D eigenvalue weighted by molar-refractivity contribution is 6.02. The average molecular weight is 376 g/mol. The SMILES string of the molecule is CCOc1ccc(NC(=O)c2cnc(Nc3cccc(C(C)=O)c3)cn2)cc1. The van der Waals surface area contributed by atoms with E-state index in [9.17, 15) is 9.59 Å². The first-order valence-corrected chi connectivity index (χ1v) is 8.79. The van der Waals surface area contributed by atoms with Gasteiger partial charge in [0.15, 0.2) is 5.78 Å². The lowest BCUT2D eigenvalue weighted by molar-refractivity contribution is 0.101. The van der Waals surface area contributed by atoms with Gasteiger partial charge in [-0.05, 0) is 50.2 Å². The molecule has 0 aliphatic heterocycles. The number of anilines is 3. The fourth-order valence-electron chi connectivity index (χ4n) is 2.47. The number of ketones is 1. The first-order chi connectivity index (χ1) is 13.5. The molecule has 0 spiro atoms. The summed E-state index contributed by atoms with van der Waals surface area (Å²) in [5.74, 6) is 0.834. The second kappa shape index (κ2) is 8.77. The van der Waals surface area contributed by atoms with Gasteiger partial charge in [0.05, 0.1) is 19.0 Å². The number of amides is 1. The average Bonchev–Trinajstić information content (AvgIpc) is 2.70. The van der Waals surface area contributed by atoms with Crippen LogP contribution < -0.4 is 15.4 Å². The van der Waals surface area contributed by atoms with Crippen molar-refractivity contribution in [3.8, 4) is 5.75 Å². The van der Waals surface area contributed by atoms with Crippen LogP contribution in [0.5, 0.6) is 5.75 Å². The van der Waals surface area contributed by atoms with Gasteiger partial charge in [0.1, 0.15) is 17.3 Å². The Balaban J connectivity index is 1.64. The lowest BCUT2D eigenvalue weighted by Gasteiger charge is -2.08. The Bertz CT molecular complexity index is 970. The standard InChI is InChI=1S/C21H20N4O3/c1-3-28-18-9-7-16(8-10-18)25-21(27)19-12-23-20(13-22-19)24-17-6-4-5-15(11-17)14(2)26/h4-13H,3H2,1-2H3,(H,23,24)(H,25,27). The number of carbonyl (C=O) groups is 2. The summed E-state index contributed by atoms with van der Waals surface area (Å²) in [7, 11) is 0. The third-order valence-electron chi connectivity index (χ3n) is 3.85. The molecule has 3 rings (SSSR count). The minimum atomic E-state index is -0.359. The van der Waals surface area contributed by atoms with Gasteiger partial charge in [0.2, 0.25) is 0 Å². The van der Waals surface area contributed by atoms with Crippen LogP contribution in [0.4, 0.5) is 17.2 Å². The molecule has 142 valence electrons. The van der Waals surface area contributed by atoms with E-state index in [1.165, 1.54) is 19.3 Å².